The highest BCUT2D eigenvalue weighted by Gasteiger charge is 2.69. The van der Waals surface area contributed by atoms with E-state index in [4.69, 9.17) is 10.5 Å². The molecule has 0 bridgehead atoms. The van der Waals surface area contributed by atoms with Crippen LogP contribution in [0, 0.1) is 29.1 Å². The molecule has 0 aromatic heterocycles. The Kier molecular flexibility index (Phi) is 5.75. The number of Topliss-reactive ketones (excluding diaryl/α,β-unsaturated/α-hetero) is 1. The number of fused-ring (bicyclic) bond motifs is 1. The van der Waals surface area contributed by atoms with Crippen molar-refractivity contribution in [3.63, 3.8) is 0 Å². The fourth-order valence-electron chi connectivity index (χ4n) is 5.26. The SMILES string of the molecule is CC(C)(C)OC(=O)N1CC2[C@@H]([C@H]1C(=O)CC(CC1CCC1)C(O)C(N)=O)C2(C)C. The molecule has 2 saturated carbocycles. The first-order chi connectivity index (χ1) is 13.3. The van der Waals surface area contributed by atoms with E-state index in [2.05, 4.69) is 13.8 Å². The molecule has 0 aromatic carbocycles. The zero-order chi connectivity index (χ0) is 21.7. The first kappa shape index (κ1) is 22.1. The maximum Gasteiger partial charge on any atom is 0.410 e. The van der Waals surface area contributed by atoms with Gasteiger partial charge in [-0.2, -0.15) is 0 Å². The summed E-state index contributed by atoms with van der Waals surface area (Å²) in [5.41, 5.74) is 4.71. The molecule has 7 nitrogen and oxygen atoms in total. The Bertz CT molecular complexity index is 679. The molecule has 2 amide bonds. The third-order valence-electron chi connectivity index (χ3n) is 7.23. The topological polar surface area (TPSA) is 110 Å². The molecule has 0 spiro atoms. The lowest BCUT2D eigenvalue weighted by Gasteiger charge is -2.34. The van der Waals surface area contributed by atoms with Crippen molar-refractivity contribution in [3.05, 3.63) is 0 Å². The Morgan fingerprint density at radius 2 is 1.86 bits per heavy atom. The summed E-state index contributed by atoms with van der Waals surface area (Å²) in [5.74, 6) is -0.586. The average Bonchev–Trinajstić information content (AvgIpc) is 2.92. The molecule has 0 radical (unpaired) electrons. The predicted molar refractivity (Wildman–Crippen MR) is 108 cm³/mol. The molecular weight excluding hydrogens is 372 g/mol. The molecule has 1 saturated heterocycles. The van der Waals surface area contributed by atoms with Crippen LogP contribution < -0.4 is 5.73 Å². The van der Waals surface area contributed by atoms with Gasteiger partial charge in [0.15, 0.2) is 5.78 Å². The minimum Gasteiger partial charge on any atom is -0.444 e. The van der Waals surface area contributed by atoms with Crippen molar-refractivity contribution in [2.45, 2.75) is 84.5 Å². The molecule has 1 aliphatic heterocycles. The average molecular weight is 409 g/mol. The third kappa shape index (κ3) is 4.44. The Hall–Kier alpha value is -1.63. The van der Waals surface area contributed by atoms with Gasteiger partial charge in [-0.05, 0) is 50.4 Å². The summed E-state index contributed by atoms with van der Waals surface area (Å²) in [5, 5.41) is 10.3. The van der Waals surface area contributed by atoms with Gasteiger partial charge < -0.3 is 15.6 Å². The number of primary amides is 1. The van der Waals surface area contributed by atoms with Crippen molar-refractivity contribution in [1.82, 2.24) is 4.90 Å². The number of amides is 2. The van der Waals surface area contributed by atoms with Crippen LogP contribution in [0.1, 0.15) is 66.7 Å². The number of piperidine rings is 1. The van der Waals surface area contributed by atoms with Crippen molar-refractivity contribution < 1.29 is 24.2 Å². The normalized spacial score (nSPS) is 30.1. The van der Waals surface area contributed by atoms with Crippen LogP contribution in [0.3, 0.4) is 0 Å². The van der Waals surface area contributed by atoms with Gasteiger partial charge >= 0.3 is 6.09 Å². The number of ether oxygens (including phenoxy) is 1. The highest BCUT2D eigenvalue weighted by Crippen LogP contribution is 2.65. The molecule has 2 aliphatic carbocycles. The van der Waals surface area contributed by atoms with Crippen LogP contribution in [0.4, 0.5) is 4.79 Å². The minimum atomic E-state index is -1.33. The molecule has 3 rings (SSSR count). The molecule has 7 heteroatoms. The van der Waals surface area contributed by atoms with Gasteiger partial charge in [0.2, 0.25) is 5.91 Å². The van der Waals surface area contributed by atoms with Crippen LogP contribution in [-0.2, 0) is 14.3 Å². The maximum absolute atomic E-state index is 13.4. The quantitative estimate of drug-likeness (QED) is 0.672. The maximum atomic E-state index is 13.4. The Labute approximate surface area is 173 Å². The molecule has 3 fully saturated rings. The number of hydrogen-bond acceptors (Lipinski definition) is 5. The van der Waals surface area contributed by atoms with Crippen LogP contribution in [-0.4, -0.2) is 52.1 Å². The largest absolute Gasteiger partial charge is 0.444 e. The number of rotatable bonds is 7. The highest BCUT2D eigenvalue weighted by atomic mass is 16.6. The van der Waals surface area contributed by atoms with Crippen molar-refractivity contribution >= 4 is 17.8 Å². The van der Waals surface area contributed by atoms with Gasteiger partial charge in [-0.25, -0.2) is 4.79 Å². The molecule has 3 N–H and O–H groups in total. The van der Waals surface area contributed by atoms with Gasteiger partial charge in [-0.3, -0.25) is 14.5 Å². The fraction of sp³-hybridized carbons (Fsp3) is 0.864. The van der Waals surface area contributed by atoms with E-state index < -0.39 is 35.7 Å². The van der Waals surface area contributed by atoms with Crippen LogP contribution in [0.5, 0.6) is 0 Å². The van der Waals surface area contributed by atoms with Crippen molar-refractivity contribution in [1.29, 1.82) is 0 Å². The fourth-order valence-corrected chi connectivity index (χ4v) is 5.26. The Balaban J connectivity index is 1.75. The van der Waals surface area contributed by atoms with E-state index in [0.29, 0.717) is 18.9 Å². The number of carbonyl (C=O) groups excluding carboxylic acids is 3. The lowest BCUT2D eigenvalue weighted by atomic mass is 9.75. The number of ketones is 1. The smallest absolute Gasteiger partial charge is 0.410 e. The predicted octanol–water partition coefficient (Wildman–Crippen LogP) is 2.49. The molecule has 1 heterocycles. The summed E-state index contributed by atoms with van der Waals surface area (Å²) >= 11 is 0. The number of aliphatic hydroxyl groups is 1. The van der Waals surface area contributed by atoms with E-state index in [1.807, 2.05) is 0 Å². The molecule has 5 atom stereocenters. The number of likely N-dealkylation sites (tertiary alicyclic amines) is 1. The van der Waals surface area contributed by atoms with E-state index in [0.717, 1.165) is 19.3 Å². The molecule has 29 heavy (non-hydrogen) atoms. The number of carbonyl (C=O) groups is 3. The lowest BCUT2D eigenvalue weighted by molar-refractivity contribution is -0.132. The van der Waals surface area contributed by atoms with Crippen LogP contribution in [0.2, 0.25) is 0 Å². The highest BCUT2D eigenvalue weighted by molar-refractivity contribution is 5.90. The summed E-state index contributed by atoms with van der Waals surface area (Å²) in [4.78, 5) is 39.3. The first-order valence-electron chi connectivity index (χ1n) is 10.8. The summed E-state index contributed by atoms with van der Waals surface area (Å²) in [6, 6.07) is -0.561. The van der Waals surface area contributed by atoms with Gasteiger partial charge in [0, 0.05) is 18.9 Å². The minimum absolute atomic E-state index is 0.00457. The van der Waals surface area contributed by atoms with E-state index in [9.17, 15) is 19.5 Å². The van der Waals surface area contributed by atoms with Gasteiger partial charge in [-0.15, -0.1) is 0 Å². The number of nitrogens with two attached hydrogens (primary N) is 1. The Morgan fingerprint density at radius 3 is 2.34 bits per heavy atom. The monoisotopic (exact) mass is 408 g/mol. The van der Waals surface area contributed by atoms with E-state index >= 15 is 0 Å². The van der Waals surface area contributed by atoms with Gasteiger partial charge in [0.1, 0.15) is 11.7 Å². The molecule has 3 unspecified atom stereocenters. The second-order valence-corrected chi connectivity index (χ2v) is 10.8. The van der Waals surface area contributed by atoms with Crippen LogP contribution in [0.15, 0.2) is 0 Å². The van der Waals surface area contributed by atoms with Gasteiger partial charge in [0.25, 0.3) is 0 Å². The molecular formula is C22H36N2O5. The van der Waals surface area contributed by atoms with Crippen molar-refractivity contribution in [2.75, 3.05) is 6.54 Å². The van der Waals surface area contributed by atoms with E-state index in [-0.39, 0.29) is 29.5 Å². The summed E-state index contributed by atoms with van der Waals surface area (Å²) in [6.45, 7) is 10.2. The number of nitrogens with zero attached hydrogens (tertiary/aromatic N) is 1. The number of aliphatic hydroxyl groups excluding tert-OH is 1. The molecule has 0 aromatic rings. The summed E-state index contributed by atoms with van der Waals surface area (Å²) < 4.78 is 5.53. The van der Waals surface area contributed by atoms with Crippen LogP contribution >= 0.6 is 0 Å². The second kappa shape index (κ2) is 7.56. The van der Waals surface area contributed by atoms with E-state index in [1.54, 1.807) is 25.7 Å². The summed E-state index contributed by atoms with van der Waals surface area (Å²) in [7, 11) is 0. The van der Waals surface area contributed by atoms with Gasteiger partial charge in [-0.1, -0.05) is 33.1 Å². The zero-order valence-corrected chi connectivity index (χ0v) is 18.3. The second-order valence-electron chi connectivity index (χ2n) is 10.8. The lowest BCUT2D eigenvalue weighted by Crippen LogP contribution is -2.48. The Morgan fingerprint density at radius 1 is 1.24 bits per heavy atom. The first-order valence-corrected chi connectivity index (χ1v) is 10.8. The third-order valence-corrected chi connectivity index (χ3v) is 7.23. The number of hydrogen-bond donors (Lipinski definition) is 2. The molecule has 164 valence electrons. The standard InChI is InChI=1S/C22H36N2O5/c1-21(2,3)29-20(28)24-11-14-16(22(14,4)5)17(24)15(25)10-13(18(26)19(23)27)9-12-7-6-8-12/h12-14,16-18,26H,6-11H2,1-5H3,(H2,23,27)/t13?,14?,16-,17+,18?/m0/s1. The zero-order valence-electron chi connectivity index (χ0n) is 18.3. The molecule has 3 aliphatic rings. The van der Waals surface area contributed by atoms with Crippen molar-refractivity contribution in [3.8, 4) is 0 Å². The van der Waals surface area contributed by atoms with E-state index in [1.165, 1.54) is 0 Å². The van der Waals surface area contributed by atoms with Gasteiger partial charge in [0.05, 0.1) is 6.04 Å². The summed E-state index contributed by atoms with van der Waals surface area (Å²) in [6.07, 6.45) is 2.13. The van der Waals surface area contributed by atoms with Crippen molar-refractivity contribution in [2.24, 2.45) is 34.8 Å². The van der Waals surface area contributed by atoms with Crippen LogP contribution in [0.25, 0.3) is 0 Å².